The highest BCUT2D eigenvalue weighted by molar-refractivity contribution is 5.89. The maximum atomic E-state index is 13.6. The van der Waals surface area contributed by atoms with E-state index in [1.807, 2.05) is 0 Å². The monoisotopic (exact) mass is 632 g/mol. The molecular formula is C32H40O13. The second-order valence-electron chi connectivity index (χ2n) is 13.1. The van der Waals surface area contributed by atoms with Crippen molar-refractivity contribution >= 4 is 23.9 Å². The number of hydrogen-bond acceptors (Lipinski definition) is 13. The van der Waals surface area contributed by atoms with Crippen molar-refractivity contribution in [1.29, 1.82) is 0 Å². The number of fused-ring (bicyclic) bond motifs is 1. The highest BCUT2D eigenvalue weighted by atomic mass is 16.6. The van der Waals surface area contributed by atoms with E-state index >= 15 is 0 Å². The van der Waals surface area contributed by atoms with Gasteiger partial charge in [-0.2, -0.15) is 0 Å². The fourth-order valence-electron chi connectivity index (χ4n) is 7.50. The minimum Gasteiger partial charge on any atom is -0.472 e. The van der Waals surface area contributed by atoms with Crippen LogP contribution in [0.15, 0.2) is 46.0 Å². The van der Waals surface area contributed by atoms with Crippen LogP contribution in [0.4, 0.5) is 0 Å². The highest BCUT2D eigenvalue weighted by Gasteiger charge is 2.85. The molecule has 0 aromatic carbocycles. The molecule has 0 unspecified atom stereocenters. The Balaban J connectivity index is 1.75. The summed E-state index contributed by atoms with van der Waals surface area (Å²) in [5, 5.41) is 24.5. The summed E-state index contributed by atoms with van der Waals surface area (Å²) in [4.78, 5) is 52.8. The van der Waals surface area contributed by atoms with Gasteiger partial charge in [0.2, 0.25) is 0 Å². The molecule has 2 bridgehead atoms. The molecule has 45 heavy (non-hydrogen) atoms. The molecule has 0 radical (unpaired) electrons. The number of furan rings is 2. The van der Waals surface area contributed by atoms with Crippen molar-refractivity contribution in [2.75, 3.05) is 6.61 Å². The summed E-state index contributed by atoms with van der Waals surface area (Å²) in [6, 6.07) is 2.78. The lowest BCUT2D eigenvalue weighted by atomic mass is 9.46. The Morgan fingerprint density at radius 3 is 2.13 bits per heavy atom. The van der Waals surface area contributed by atoms with Gasteiger partial charge in [-0.3, -0.25) is 9.59 Å². The SMILES string of the molecule is CC[C@@H](C)C(=O)O[C@H]1[C@@H](OC(=O)c2ccoc2)C[C@](C)(O)[C@]23OC(C)(C)[C@H](C[C@@H](OC(=O)c4ccoc4)[C@]12COC(C)=O)[C@H]3O. The molecule has 3 aliphatic rings. The third kappa shape index (κ3) is 5.14. The molecule has 2 saturated carbocycles. The van der Waals surface area contributed by atoms with Gasteiger partial charge in [-0.05, 0) is 45.7 Å². The summed E-state index contributed by atoms with van der Waals surface area (Å²) in [7, 11) is 0. The molecule has 1 spiro atoms. The van der Waals surface area contributed by atoms with Crippen LogP contribution in [0.3, 0.4) is 0 Å². The van der Waals surface area contributed by atoms with Crippen LogP contribution < -0.4 is 0 Å². The summed E-state index contributed by atoms with van der Waals surface area (Å²) in [5.41, 5.74) is -7.05. The first-order valence-corrected chi connectivity index (χ1v) is 15.0. The lowest BCUT2D eigenvalue weighted by Crippen LogP contribution is -2.83. The van der Waals surface area contributed by atoms with Crippen molar-refractivity contribution in [2.24, 2.45) is 17.3 Å². The number of rotatable bonds is 9. The Bertz CT molecular complexity index is 1410. The first-order chi connectivity index (χ1) is 21.1. The molecule has 0 amide bonds. The zero-order valence-electron chi connectivity index (χ0n) is 26.1. The number of carbonyl (C=O) groups excluding carboxylic acids is 4. The van der Waals surface area contributed by atoms with Gasteiger partial charge in [0.05, 0.1) is 46.9 Å². The predicted molar refractivity (Wildman–Crippen MR) is 151 cm³/mol. The van der Waals surface area contributed by atoms with Gasteiger partial charge in [-0.1, -0.05) is 13.8 Å². The van der Waals surface area contributed by atoms with Crippen LogP contribution >= 0.6 is 0 Å². The van der Waals surface area contributed by atoms with Crippen molar-refractivity contribution in [3.8, 4) is 0 Å². The number of aliphatic hydroxyl groups excluding tert-OH is 1. The fraction of sp³-hybridized carbons (Fsp3) is 0.625. The smallest absolute Gasteiger partial charge is 0.341 e. The largest absolute Gasteiger partial charge is 0.472 e. The molecule has 9 atom stereocenters. The van der Waals surface area contributed by atoms with Gasteiger partial charge >= 0.3 is 23.9 Å². The van der Waals surface area contributed by atoms with Crippen molar-refractivity contribution in [1.82, 2.24) is 0 Å². The lowest BCUT2D eigenvalue weighted by molar-refractivity contribution is -0.354. The minimum absolute atomic E-state index is 0.0450. The van der Waals surface area contributed by atoms with E-state index in [0.29, 0.717) is 6.42 Å². The average Bonchev–Trinajstić information content (AvgIpc) is 3.72. The molecular weight excluding hydrogens is 592 g/mol. The topological polar surface area (TPSA) is 181 Å². The van der Waals surface area contributed by atoms with Crippen LogP contribution in [0.1, 0.15) is 81.5 Å². The van der Waals surface area contributed by atoms with Crippen molar-refractivity contribution < 1.29 is 61.9 Å². The molecule has 2 aromatic rings. The third-order valence-electron chi connectivity index (χ3n) is 9.89. The van der Waals surface area contributed by atoms with Gasteiger partial charge in [0, 0.05) is 19.3 Å². The van der Waals surface area contributed by atoms with Crippen LogP contribution in [-0.4, -0.2) is 81.9 Å². The van der Waals surface area contributed by atoms with E-state index in [-0.39, 0.29) is 24.0 Å². The van der Waals surface area contributed by atoms with Gasteiger partial charge in [0.25, 0.3) is 0 Å². The molecule has 3 heterocycles. The van der Waals surface area contributed by atoms with Crippen LogP contribution in [0.5, 0.6) is 0 Å². The third-order valence-corrected chi connectivity index (χ3v) is 9.89. The average molecular weight is 633 g/mol. The standard InChI is InChI=1S/C32H40O13/c1-7-17(2)26(35)44-25-22(42-27(36)19-8-10-39-14-19)13-30(6,38)32-24(34)21(29(4,5)45-32)12-23(31(25,32)16-41-18(3)33)43-28(37)20-9-11-40-15-20/h8-11,14-15,17,21-25,34,38H,7,12-13,16H2,1-6H3/t17-,21-,22+,23-,24-,25+,30+,31-,32+/m1/s1. The van der Waals surface area contributed by atoms with E-state index in [1.165, 1.54) is 44.1 Å². The Labute approximate surface area is 260 Å². The fourth-order valence-corrected chi connectivity index (χ4v) is 7.50. The lowest BCUT2D eigenvalue weighted by Gasteiger charge is -2.65. The van der Waals surface area contributed by atoms with Gasteiger partial charge in [-0.15, -0.1) is 0 Å². The number of hydrogen-bond donors (Lipinski definition) is 2. The van der Waals surface area contributed by atoms with Crippen LogP contribution in [0.2, 0.25) is 0 Å². The van der Waals surface area contributed by atoms with E-state index in [2.05, 4.69) is 0 Å². The Morgan fingerprint density at radius 2 is 1.60 bits per heavy atom. The maximum absolute atomic E-state index is 13.6. The first-order valence-electron chi connectivity index (χ1n) is 15.0. The van der Waals surface area contributed by atoms with Gasteiger partial charge in [0.1, 0.15) is 42.4 Å². The number of ether oxygens (including phenoxy) is 5. The summed E-state index contributed by atoms with van der Waals surface area (Å²) in [6.45, 7) is 8.83. The van der Waals surface area contributed by atoms with Gasteiger partial charge < -0.3 is 42.7 Å². The quantitative estimate of drug-likeness (QED) is 0.304. The molecule has 13 heteroatoms. The maximum Gasteiger partial charge on any atom is 0.341 e. The number of carbonyl (C=O) groups is 4. The van der Waals surface area contributed by atoms with E-state index in [4.69, 9.17) is 32.5 Å². The Hall–Kier alpha value is -3.68. The van der Waals surface area contributed by atoms with E-state index in [9.17, 15) is 29.4 Å². The second kappa shape index (κ2) is 11.6. The molecule has 2 aliphatic carbocycles. The zero-order chi connectivity index (χ0) is 32.9. The molecule has 13 nitrogen and oxygen atoms in total. The first kappa shape index (κ1) is 32.7. The summed E-state index contributed by atoms with van der Waals surface area (Å²) in [5.74, 6) is -4.39. The van der Waals surface area contributed by atoms with E-state index in [0.717, 1.165) is 6.92 Å². The summed E-state index contributed by atoms with van der Waals surface area (Å²) >= 11 is 0. The van der Waals surface area contributed by atoms with Crippen LogP contribution in [0, 0.1) is 17.3 Å². The van der Waals surface area contributed by atoms with Gasteiger partial charge in [0.15, 0.2) is 6.10 Å². The predicted octanol–water partition coefficient (Wildman–Crippen LogP) is 3.21. The number of esters is 4. The molecule has 3 fully saturated rings. The van der Waals surface area contributed by atoms with Crippen LogP contribution in [0.25, 0.3) is 0 Å². The van der Waals surface area contributed by atoms with Crippen molar-refractivity contribution in [3.63, 3.8) is 0 Å². The molecule has 1 aliphatic heterocycles. The molecule has 1 saturated heterocycles. The van der Waals surface area contributed by atoms with E-state index in [1.54, 1.807) is 27.7 Å². The molecule has 5 rings (SSSR count). The number of aliphatic hydroxyl groups is 2. The Kier molecular flexibility index (Phi) is 8.43. The second-order valence-corrected chi connectivity index (χ2v) is 13.1. The Morgan fingerprint density at radius 1 is 1.00 bits per heavy atom. The zero-order valence-corrected chi connectivity index (χ0v) is 26.1. The van der Waals surface area contributed by atoms with Crippen LogP contribution in [-0.2, 0) is 33.3 Å². The minimum atomic E-state index is -2.05. The molecule has 2 aromatic heterocycles. The molecule has 246 valence electrons. The van der Waals surface area contributed by atoms with Crippen molar-refractivity contribution in [3.05, 3.63) is 48.3 Å². The normalized spacial score (nSPS) is 35.5. The summed E-state index contributed by atoms with van der Waals surface area (Å²) in [6.07, 6.45) is -0.715. The summed E-state index contributed by atoms with van der Waals surface area (Å²) < 4.78 is 40.7. The highest BCUT2D eigenvalue weighted by Crippen LogP contribution is 2.68. The van der Waals surface area contributed by atoms with Crippen molar-refractivity contribution in [2.45, 2.75) is 102 Å². The van der Waals surface area contributed by atoms with E-state index < -0.39 is 89.0 Å². The molecule has 2 N–H and O–H groups in total. The van der Waals surface area contributed by atoms with Gasteiger partial charge in [-0.25, -0.2) is 9.59 Å².